The number of alkyl halides is 1. The van der Waals surface area contributed by atoms with Crippen LogP contribution in [0.4, 0.5) is 0 Å². The number of ether oxygens (including phenoxy) is 1. The van der Waals surface area contributed by atoms with E-state index in [1.807, 2.05) is 24.3 Å². The molecule has 1 saturated carbocycles. The molecular weight excluding hydrogens is 274 g/mol. The Morgan fingerprint density at radius 2 is 2.10 bits per heavy atom. The van der Waals surface area contributed by atoms with E-state index < -0.39 is 0 Å². The van der Waals surface area contributed by atoms with Crippen LogP contribution in [-0.4, -0.2) is 24.4 Å². The summed E-state index contributed by atoms with van der Waals surface area (Å²) >= 11 is 6.10. The number of amides is 1. The van der Waals surface area contributed by atoms with Gasteiger partial charge in [-0.25, -0.2) is 0 Å². The van der Waals surface area contributed by atoms with Gasteiger partial charge < -0.3 is 10.1 Å². The summed E-state index contributed by atoms with van der Waals surface area (Å²) in [7, 11) is 0. The number of carbonyl (C=O) groups is 1. The number of halogens is 1. The van der Waals surface area contributed by atoms with Gasteiger partial charge in [-0.05, 0) is 24.5 Å². The SMILES string of the molecule is O=C(NCC1(CCl)CCCC1)C1Cc2ccccc2O1. The molecule has 3 rings (SSSR count). The number of carbonyl (C=O) groups excluding carboxylic acids is 1. The van der Waals surface area contributed by atoms with Crippen LogP contribution >= 0.6 is 11.6 Å². The first-order valence-corrected chi connectivity index (χ1v) is 7.84. The second-order valence-electron chi connectivity index (χ2n) is 5.98. The lowest BCUT2D eigenvalue weighted by molar-refractivity contribution is -0.127. The number of rotatable bonds is 4. The Morgan fingerprint density at radius 1 is 1.35 bits per heavy atom. The molecule has 1 fully saturated rings. The van der Waals surface area contributed by atoms with E-state index in [-0.39, 0.29) is 17.4 Å². The highest BCUT2D eigenvalue weighted by atomic mass is 35.5. The van der Waals surface area contributed by atoms with Crippen molar-refractivity contribution in [2.45, 2.75) is 38.2 Å². The Hall–Kier alpha value is -1.22. The summed E-state index contributed by atoms with van der Waals surface area (Å²) in [5, 5.41) is 3.04. The largest absolute Gasteiger partial charge is 0.480 e. The van der Waals surface area contributed by atoms with Gasteiger partial charge in [0, 0.05) is 24.3 Å². The number of benzene rings is 1. The van der Waals surface area contributed by atoms with Gasteiger partial charge in [-0.15, -0.1) is 11.6 Å². The highest BCUT2D eigenvalue weighted by molar-refractivity contribution is 6.18. The average Bonchev–Trinajstić information content (AvgIpc) is 3.12. The maximum Gasteiger partial charge on any atom is 0.261 e. The maximum absolute atomic E-state index is 12.2. The monoisotopic (exact) mass is 293 g/mol. The van der Waals surface area contributed by atoms with E-state index >= 15 is 0 Å². The van der Waals surface area contributed by atoms with Crippen molar-refractivity contribution in [2.75, 3.05) is 12.4 Å². The van der Waals surface area contributed by atoms with Gasteiger partial charge in [0.15, 0.2) is 6.10 Å². The van der Waals surface area contributed by atoms with Gasteiger partial charge >= 0.3 is 0 Å². The lowest BCUT2D eigenvalue weighted by atomic mass is 9.88. The molecule has 1 atom stereocenters. The Labute approximate surface area is 124 Å². The summed E-state index contributed by atoms with van der Waals surface area (Å²) < 4.78 is 5.71. The van der Waals surface area contributed by atoms with Crippen molar-refractivity contribution in [2.24, 2.45) is 5.41 Å². The Kier molecular flexibility index (Phi) is 3.88. The molecule has 0 aromatic heterocycles. The third-order valence-electron chi connectivity index (χ3n) is 4.52. The van der Waals surface area contributed by atoms with Crippen molar-refractivity contribution in [3.63, 3.8) is 0 Å². The number of fused-ring (bicyclic) bond motifs is 1. The molecule has 1 aromatic carbocycles. The first-order valence-electron chi connectivity index (χ1n) is 7.31. The minimum absolute atomic E-state index is 0.0161. The fourth-order valence-corrected chi connectivity index (χ4v) is 3.56. The lowest BCUT2D eigenvalue weighted by Crippen LogP contribution is -2.43. The average molecular weight is 294 g/mol. The molecule has 108 valence electrons. The summed E-state index contributed by atoms with van der Waals surface area (Å²) in [5.41, 5.74) is 1.21. The fraction of sp³-hybridized carbons (Fsp3) is 0.562. The number of hydrogen-bond donors (Lipinski definition) is 1. The Morgan fingerprint density at radius 3 is 2.80 bits per heavy atom. The number of para-hydroxylation sites is 1. The van der Waals surface area contributed by atoms with Crippen molar-refractivity contribution in [1.29, 1.82) is 0 Å². The molecule has 0 saturated heterocycles. The molecule has 3 nitrogen and oxygen atoms in total. The van der Waals surface area contributed by atoms with Crippen LogP contribution in [0.3, 0.4) is 0 Å². The van der Waals surface area contributed by atoms with Crippen LogP contribution in [-0.2, 0) is 11.2 Å². The smallest absolute Gasteiger partial charge is 0.261 e. The van der Waals surface area contributed by atoms with Gasteiger partial charge in [-0.2, -0.15) is 0 Å². The van der Waals surface area contributed by atoms with Gasteiger partial charge in [-0.1, -0.05) is 31.0 Å². The predicted molar refractivity (Wildman–Crippen MR) is 79.2 cm³/mol. The van der Waals surface area contributed by atoms with E-state index in [9.17, 15) is 4.79 Å². The van der Waals surface area contributed by atoms with E-state index in [0.717, 1.165) is 24.2 Å². The summed E-state index contributed by atoms with van der Waals surface area (Å²) in [6, 6.07) is 7.84. The molecule has 1 aromatic rings. The molecule has 0 radical (unpaired) electrons. The van der Waals surface area contributed by atoms with E-state index in [4.69, 9.17) is 16.3 Å². The van der Waals surface area contributed by atoms with E-state index in [0.29, 0.717) is 18.8 Å². The Balaban J connectivity index is 1.56. The molecule has 1 amide bonds. The zero-order valence-corrected chi connectivity index (χ0v) is 12.3. The van der Waals surface area contributed by atoms with Crippen LogP contribution in [0, 0.1) is 5.41 Å². The highest BCUT2D eigenvalue weighted by Gasteiger charge is 2.35. The van der Waals surface area contributed by atoms with Gasteiger partial charge in [0.05, 0.1) is 0 Å². The zero-order chi connectivity index (χ0) is 14.0. The lowest BCUT2D eigenvalue weighted by Gasteiger charge is -2.27. The maximum atomic E-state index is 12.2. The first-order chi connectivity index (χ1) is 9.72. The topological polar surface area (TPSA) is 38.3 Å². The molecule has 1 unspecified atom stereocenters. The second kappa shape index (κ2) is 5.65. The van der Waals surface area contributed by atoms with Gasteiger partial charge in [0.2, 0.25) is 0 Å². The minimum Gasteiger partial charge on any atom is -0.480 e. The number of nitrogens with one attached hydrogen (secondary N) is 1. The highest BCUT2D eigenvalue weighted by Crippen LogP contribution is 2.38. The minimum atomic E-state index is -0.388. The third kappa shape index (κ3) is 2.64. The molecule has 1 aliphatic heterocycles. The van der Waals surface area contributed by atoms with Crippen LogP contribution in [0.1, 0.15) is 31.2 Å². The van der Waals surface area contributed by atoms with Crippen molar-refractivity contribution in [3.05, 3.63) is 29.8 Å². The summed E-state index contributed by atoms with van der Waals surface area (Å²) in [6.07, 6.45) is 4.93. The predicted octanol–water partition coefficient (Wildman–Crippen LogP) is 2.91. The van der Waals surface area contributed by atoms with Crippen LogP contribution in [0.15, 0.2) is 24.3 Å². The molecule has 1 aliphatic carbocycles. The van der Waals surface area contributed by atoms with Crippen LogP contribution in [0.5, 0.6) is 5.75 Å². The molecule has 2 aliphatic rings. The van der Waals surface area contributed by atoms with Gasteiger partial charge in [0.25, 0.3) is 5.91 Å². The first kappa shape index (κ1) is 13.7. The summed E-state index contributed by atoms with van der Waals surface area (Å²) in [5.74, 6) is 1.44. The Bertz CT molecular complexity index is 472. The van der Waals surface area contributed by atoms with Crippen LogP contribution in [0.25, 0.3) is 0 Å². The quantitative estimate of drug-likeness (QED) is 0.867. The zero-order valence-electron chi connectivity index (χ0n) is 11.5. The van der Waals surface area contributed by atoms with E-state index in [1.165, 1.54) is 12.8 Å². The van der Waals surface area contributed by atoms with Crippen molar-refractivity contribution < 1.29 is 9.53 Å². The molecule has 1 heterocycles. The fourth-order valence-electron chi connectivity index (χ4n) is 3.20. The van der Waals surface area contributed by atoms with Crippen molar-refractivity contribution in [1.82, 2.24) is 5.32 Å². The molecule has 0 bridgehead atoms. The van der Waals surface area contributed by atoms with Gasteiger partial charge in [-0.3, -0.25) is 4.79 Å². The number of hydrogen-bond acceptors (Lipinski definition) is 2. The van der Waals surface area contributed by atoms with E-state index in [2.05, 4.69) is 5.32 Å². The second-order valence-corrected chi connectivity index (χ2v) is 6.24. The molecule has 20 heavy (non-hydrogen) atoms. The van der Waals surface area contributed by atoms with Gasteiger partial charge in [0.1, 0.15) is 5.75 Å². The van der Waals surface area contributed by atoms with Crippen LogP contribution in [0.2, 0.25) is 0 Å². The van der Waals surface area contributed by atoms with Crippen molar-refractivity contribution in [3.8, 4) is 5.75 Å². The van der Waals surface area contributed by atoms with E-state index in [1.54, 1.807) is 0 Å². The standard InChI is InChI=1S/C16H20ClNO2/c17-10-16(7-3-4-8-16)11-18-15(19)14-9-12-5-1-2-6-13(12)20-14/h1-2,5-6,14H,3-4,7-11H2,(H,18,19). The van der Waals surface area contributed by atoms with Crippen molar-refractivity contribution >= 4 is 17.5 Å². The van der Waals surface area contributed by atoms with Crippen LogP contribution < -0.4 is 10.1 Å². The summed E-state index contributed by atoms with van der Waals surface area (Å²) in [6.45, 7) is 0.672. The summed E-state index contributed by atoms with van der Waals surface area (Å²) in [4.78, 5) is 12.2. The normalized spacial score (nSPS) is 23.1. The molecule has 1 N–H and O–H groups in total. The molecule has 0 spiro atoms. The molecule has 4 heteroatoms. The third-order valence-corrected chi connectivity index (χ3v) is 5.09. The molecular formula is C16H20ClNO2.